The van der Waals surface area contributed by atoms with Gasteiger partial charge in [-0.25, -0.2) is 8.42 Å². The highest BCUT2D eigenvalue weighted by Gasteiger charge is 2.24. The highest BCUT2D eigenvalue weighted by Crippen LogP contribution is 2.21. The highest BCUT2D eigenvalue weighted by molar-refractivity contribution is 7.89. The molecule has 0 spiro atoms. The van der Waals surface area contributed by atoms with Crippen LogP contribution in [0.15, 0.2) is 53.4 Å². The van der Waals surface area contributed by atoms with E-state index in [0.717, 1.165) is 43.4 Å². The number of nitrogens with zero attached hydrogens (tertiary/aromatic N) is 2. The average molecular weight is 458 g/mol. The van der Waals surface area contributed by atoms with Gasteiger partial charge < -0.3 is 10.2 Å². The number of benzene rings is 2. The molecule has 6 nitrogen and oxygen atoms in total. The summed E-state index contributed by atoms with van der Waals surface area (Å²) < 4.78 is 27.3. The SMILES string of the molecule is CN(C)Cc1ccc(CNC(=O)CCc2ccc(S(=O)(=O)N3CCCCCC3)cc2)cc1. The summed E-state index contributed by atoms with van der Waals surface area (Å²) in [5.74, 6) is -0.0105. The van der Waals surface area contributed by atoms with Gasteiger partial charge in [0.2, 0.25) is 15.9 Å². The first-order chi connectivity index (χ1) is 15.3. The molecule has 1 aliphatic rings. The first kappa shape index (κ1) is 24.4. The molecule has 2 aromatic carbocycles. The smallest absolute Gasteiger partial charge is 0.243 e. The average Bonchev–Trinajstić information content (AvgIpc) is 3.07. The van der Waals surface area contributed by atoms with Crippen molar-refractivity contribution in [2.75, 3.05) is 27.2 Å². The van der Waals surface area contributed by atoms with Crippen LogP contribution in [0.4, 0.5) is 0 Å². The van der Waals surface area contributed by atoms with E-state index in [9.17, 15) is 13.2 Å². The van der Waals surface area contributed by atoms with Gasteiger partial charge in [0.1, 0.15) is 0 Å². The van der Waals surface area contributed by atoms with E-state index in [1.54, 1.807) is 16.4 Å². The molecular formula is C25H35N3O3S. The second-order valence-electron chi connectivity index (χ2n) is 8.79. The fourth-order valence-electron chi connectivity index (χ4n) is 3.93. The molecule has 0 unspecified atom stereocenters. The van der Waals surface area contributed by atoms with Crippen LogP contribution in [-0.4, -0.2) is 50.7 Å². The lowest BCUT2D eigenvalue weighted by atomic mass is 10.1. The van der Waals surface area contributed by atoms with E-state index in [1.807, 2.05) is 38.4 Å². The van der Waals surface area contributed by atoms with Gasteiger partial charge in [-0.2, -0.15) is 4.31 Å². The van der Waals surface area contributed by atoms with E-state index in [-0.39, 0.29) is 5.91 Å². The quantitative estimate of drug-likeness (QED) is 0.625. The third-order valence-electron chi connectivity index (χ3n) is 5.78. The molecule has 1 heterocycles. The van der Waals surface area contributed by atoms with Crippen LogP contribution >= 0.6 is 0 Å². The summed E-state index contributed by atoms with van der Waals surface area (Å²) in [5.41, 5.74) is 3.28. The Balaban J connectivity index is 1.46. The molecular weight excluding hydrogens is 422 g/mol. The van der Waals surface area contributed by atoms with E-state index in [1.165, 1.54) is 5.56 Å². The van der Waals surface area contributed by atoms with Gasteiger partial charge >= 0.3 is 0 Å². The van der Waals surface area contributed by atoms with Gasteiger partial charge in [0.25, 0.3) is 0 Å². The Kier molecular flexibility index (Phi) is 8.84. The Hall–Kier alpha value is -2.22. The zero-order valence-corrected chi connectivity index (χ0v) is 20.0. The Morgan fingerprint density at radius 3 is 2.03 bits per heavy atom. The largest absolute Gasteiger partial charge is 0.352 e. The predicted octanol–water partition coefficient (Wildman–Crippen LogP) is 3.56. The van der Waals surface area contributed by atoms with Crippen LogP contribution < -0.4 is 5.32 Å². The predicted molar refractivity (Wildman–Crippen MR) is 128 cm³/mol. The molecule has 0 aliphatic carbocycles. The Labute approximate surface area is 192 Å². The fourth-order valence-corrected chi connectivity index (χ4v) is 5.45. The minimum absolute atomic E-state index is 0.0105. The van der Waals surface area contributed by atoms with Gasteiger partial charge in [-0.3, -0.25) is 4.79 Å². The first-order valence-corrected chi connectivity index (χ1v) is 12.9. The van der Waals surface area contributed by atoms with E-state index in [4.69, 9.17) is 0 Å². The number of nitrogens with one attached hydrogen (secondary N) is 1. The van der Waals surface area contributed by atoms with Gasteiger partial charge in [-0.05, 0) is 62.2 Å². The highest BCUT2D eigenvalue weighted by atomic mass is 32.2. The number of aryl methyl sites for hydroxylation is 1. The minimum Gasteiger partial charge on any atom is -0.352 e. The maximum absolute atomic E-state index is 12.9. The van der Waals surface area contributed by atoms with Gasteiger partial charge in [0.05, 0.1) is 4.90 Å². The van der Waals surface area contributed by atoms with Crippen LogP contribution in [0, 0.1) is 0 Å². The van der Waals surface area contributed by atoms with Crippen molar-refractivity contribution in [3.63, 3.8) is 0 Å². The van der Waals surface area contributed by atoms with Gasteiger partial charge in [0, 0.05) is 32.6 Å². The van der Waals surface area contributed by atoms with Crippen LogP contribution in [0.5, 0.6) is 0 Å². The second-order valence-corrected chi connectivity index (χ2v) is 10.7. The van der Waals surface area contributed by atoms with Crippen LogP contribution in [-0.2, 0) is 34.3 Å². The summed E-state index contributed by atoms with van der Waals surface area (Å²) in [6, 6.07) is 15.2. The van der Waals surface area contributed by atoms with E-state index in [0.29, 0.717) is 37.4 Å². The molecule has 1 saturated heterocycles. The van der Waals surface area contributed by atoms with Crippen molar-refractivity contribution >= 4 is 15.9 Å². The molecule has 32 heavy (non-hydrogen) atoms. The molecule has 0 radical (unpaired) electrons. The van der Waals surface area contributed by atoms with Crippen molar-refractivity contribution in [2.45, 2.75) is 56.5 Å². The van der Waals surface area contributed by atoms with Gasteiger partial charge in [-0.15, -0.1) is 0 Å². The third kappa shape index (κ3) is 7.15. The number of hydrogen-bond donors (Lipinski definition) is 1. The monoisotopic (exact) mass is 457 g/mol. The number of carbonyl (C=O) groups excluding carboxylic acids is 1. The van der Waals surface area contributed by atoms with E-state index in [2.05, 4.69) is 22.3 Å². The van der Waals surface area contributed by atoms with Gasteiger partial charge in [0.15, 0.2) is 0 Å². The summed E-state index contributed by atoms with van der Waals surface area (Å²) >= 11 is 0. The lowest BCUT2D eigenvalue weighted by Crippen LogP contribution is -2.31. The summed E-state index contributed by atoms with van der Waals surface area (Å²) in [7, 11) is 0.645. The number of rotatable bonds is 9. The Bertz CT molecular complexity index is 962. The van der Waals surface area contributed by atoms with E-state index >= 15 is 0 Å². The van der Waals surface area contributed by atoms with Crippen LogP contribution in [0.1, 0.15) is 48.8 Å². The van der Waals surface area contributed by atoms with Gasteiger partial charge in [-0.1, -0.05) is 49.2 Å². The third-order valence-corrected chi connectivity index (χ3v) is 7.69. The van der Waals surface area contributed by atoms with E-state index < -0.39 is 10.0 Å². The molecule has 1 fully saturated rings. The summed E-state index contributed by atoms with van der Waals surface area (Å²) in [6.07, 6.45) is 4.98. The Morgan fingerprint density at radius 1 is 0.875 bits per heavy atom. The lowest BCUT2D eigenvalue weighted by Gasteiger charge is -2.20. The standard InChI is InChI=1S/C25H35N3O3S/c1-27(2)20-23-9-7-22(8-10-23)19-26-25(29)16-13-21-11-14-24(15-12-21)32(30,31)28-17-5-3-4-6-18-28/h7-12,14-15H,3-6,13,16-20H2,1-2H3,(H,26,29). The summed E-state index contributed by atoms with van der Waals surface area (Å²) in [6.45, 7) is 2.60. The molecule has 0 bridgehead atoms. The zero-order valence-electron chi connectivity index (χ0n) is 19.2. The van der Waals surface area contributed by atoms with Crippen molar-refractivity contribution in [3.05, 3.63) is 65.2 Å². The summed E-state index contributed by atoms with van der Waals surface area (Å²) in [4.78, 5) is 14.7. The number of carbonyl (C=O) groups is 1. The first-order valence-electron chi connectivity index (χ1n) is 11.4. The van der Waals surface area contributed by atoms with Crippen LogP contribution in [0.3, 0.4) is 0 Å². The van der Waals surface area contributed by atoms with Crippen LogP contribution in [0.2, 0.25) is 0 Å². The van der Waals surface area contributed by atoms with Crippen molar-refractivity contribution in [1.29, 1.82) is 0 Å². The topological polar surface area (TPSA) is 69.7 Å². The van der Waals surface area contributed by atoms with Crippen LogP contribution in [0.25, 0.3) is 0 Å². The molecule has 0 saturated carbocycles. The lowest BCUT2D eigenvalue weighted by molar-refractivity contribution is -0.121. The molecule has 1 N–H and O–H groups in total. The minimum atomic E-state index is -3.43. The maximum Gasteiger partial charge on any atom is 0.243 e. The molecule has 7 heteroatoms. The molecule has 1 aliphatic heterocycles. The van der Waals surface area contributed by atoms with Crippen molar-refractivity contribution < 1.29 is 13.2 Å². The zero-order chi connectivity index (χ0) is 23.0. The molecule has 0 atom stereocenters. The van der Waals surface area contributed by atoms with Crippen molar-refractivity contribution in [3.8, 4) is 0 Å². The molecule has 0 aromatic heterocycles. The molecule has 174 valence electrons. The Morgan fingerprint density at radius 2 is 1.44 bits per heavy atom. The number of hydrogen-bond acceptors (Lipinski definition) is 4. The van der Waals surface area contributed by atoms with Crippen molar-refractivity contribution in [1.82, 2.24) is 14.5 Å². The normalized spacial score (nSPS) is 15.5. The molecule has 1 amide bonds. The maximum atomic E-state index is 12.9. The molecule has 2 aromatic rings. The molecule has 3 rings (SSSR count). The second kappa shape index (κ2) is 11.6. The summed E-state index contributed by atoms with van der Waals surface area (Å²) in [5, 5.41) is 2.96. The number of sulfonamides is 1. The van der Waals surface area contributed by atoms with Crippen molar-refractivity contribution in [2.24, 2.45) is 0 Å². The fraction of sp³-hybridized carbons (Fsp3) is 0.480. The number of amides is 1.